The predicted octanol–water partition coefficient (Wildman–Crippen LogP) is 14.4. The molecule has 0 unspecified atom stereocenters. The predicted molar refractivity (Wildman–Crippen MR) is 355 cm³/mol. The summed E-state index contributed by atoms with van der Waals surface area (Å²) in [5.74, 6) is -0.189. The number of carbonyl (C=O) groups excluding carboxylic acids is 1. The third-order valence-corrected chi connectivity index (χ3v) is 13.0. The van der Waals surface area contributed by atoms with Crippen molar-refractivity contribution in [3.05, 3.63) is 64.5 Å². The van der Waals surface area contributed by atoms with Gasteiger partial charge in [-0.25, -0.2) is 4.79 Å². The minimum Gasteiger partial charge on any atom is -1.00 e. The monoisotopic (exact) mass is 1260 g/mol. The normalized spacial score (nSPS) is 19.9. The molecule has 1 N–H and O–H groups in total. The summed E-state index contributed by atoms with van der Waals surface area (Å²) in [5.41, 5.74) is 16.6. The van der Waals surface area contributed by atoms with Gasteiger partial charge in [-0.05, 0) is 180 Å². The number of azide groups is 1. The minimum atomic E-state index is -0.668. The second kappa shape index (κ2) is 42.2. The molecular weight excluding hydrogens is 1120 g/mol. The van der Waals surface area contributed by atoms with E-state index in [0.29, 0.717) is 55.3 Å². The molecule has 0 bridgehead atoms. The van der Waals surface area contributed by atoms with Crippen LogP contribution in [0.15, 0.2) is 51.7 Å². The molecule has 0 aliphatic heterocycles. The summed E-state index contributed by atoms with van der Waals surface area (Å²) in [5, 5.41) is 13.7. The van der Waals surface area contributed by atoms with Gasteiger partial charge in [0.05, 0.1) is 17.7 Å². The van der Waals surface area contributed by atoms with Gasteiger partial charge in [-0.15, -0.1) is 0 Å². The maximum absolute atomic E-state index is 11.4. The average molecular weight is 1260 g/mol. The van der Waals surface area contributed by atoms with Crippen molar-refractivity contribution < 1.29 is 68.4 Å². The van der Waals surface area contributed by atoms with E-state index in [2.05, 4.69) is 160 Å². The van der Waals surface area contributed by atoms with Gasteiger partial charge in [0, 0.05) is 37.4 Å². The number of allylic oxidation sites excluding steroid dienone is 5. The largest absolute Gasteiger partial charge is 2.00 e. The summed E-state index contributed by atoms with van der Waals surface area (Å²) in [7, 11) is 0. The topological polar surface area (TPSA) is 114 Å². The van der Waals surface area contributed by atoms with Crippen molar-refractivity contribution in [1.29, 1.82) is 0 Å². The van der Waals surface area contributed by atoms with Crippen molar-refractivity contribution in [2.45, 2.75) is 297 Å². The average Bonchev–Trinajstić information content (AvgIpc) is 3.06. The van der Waals surface area contributed by atoms with E-state index in [1.807, 2.05) is 62.3 Å². The van der Waals surface area contributed by atoms with Crippen molar-refractivity contribution >= 4 is 46.4 Å². The molecule has 0 aromatic carbocycles. The Morgan fingerprint density at radius 1 is 0.525 bits per heavy atom. The molecule has 0 heterocycles. The zero-order valence-corrected chi connectivity index (χ0v) is 60.4. The van der Waals surface area contributed by atoms with Gasteiger partial charge in [0.1, 0.15) is 0 Å². The van der Waals surface area contributed by atoms with Crippen LogP contribution < -0.4 is 42.8 Å². The first-order valence-corrected chi connectivity index (χ1v) is 28.5. The van der Waals surface area contributed by atoms with E-state index >= 15 is 0 Å². The maximum atomic E-state index is 11.4. The molecular formula is C68H138AlILiMgN3O5. The maximum Gasteiger partial charge on any atom is 2.00 e. The Morgan fingerprint density at radius 3 is 0.963 bits per heavy atom. The van der Waals surface area contributed by atoms with Crippen LogP contribution in [-0.4, -0.2) is 95.7 Å². The van der Waals surface area contributed by atoms with E-state index in [4.69, 9.17) is 19.7 Å². The quantitative estimate of drug-likeness (QED) is 0.0284. The fourth-order valence-corrected chi connectivity index (χ4v) is 13.8. The van der Waals surface area contributed by atoms with Gasteiger partial charge in [-0.3, -0.25) is 0 Å². The Hall–Kier alpha value is 0.246. The first kappa shape index (κ1) is 99.3. The van der Waals surface area contributed by atoms with Gasteiger partial charge in [-0.2, -0.15) is 0 Å². The molecule has 0 aromatic rings. The zero-order chi connectivity index (χ0) is 57.8. The van der Waals surface area contributed by atoms with E-state index in [0.717, 1.165) is 65.0 Å². The number of hydrogen-bond acceptors (Lipinski definition) is 6. The van der Waals surface area contributed by atoms with E-state index in [9.17, 15) is 9.90 Å². The minimum absolute atomic E-state index is 0. The van der Waals surface area contributed by atoms with Crippen LogP contribution >= 0.6 is 0 Å². The number of aliphatic hydroxyl groups is 1. The molecule has 80 heavy (non-hydrogen) atoms. The molecule has 4 aliphatic carbocycles. The Bertz CT molecular complexity index is 1710. The number of nitrogens with zero attached hydrogens (tertiary/aromatic N) is 3. The van der Waals surface area contributed by atoms with E-state index in [1.54, 1.807) is 11.6 Å². The van der Waals surface area contributed by atoms with Crippen LogP contribution in [0.2, 0.25) is 0 Å². The van der Waals surface area contributed by atoms with E-state index in [1.165, 1.54) is 55.2 Å². The SMILES string of the molecule is C.C.CC(C)(C)C=C1CC(C)(C)CC(C)(C)C1.CC(C)(O)C=C1CC(C)(C)CC(C)(C)C1.CC1(C)CC(=CC(C)(C)N=[N+]=[N-])CC(C)(C)C1.CCOC(=O)C=C1CC(C)(C)CC(C)(C)C1.CCOCC.CCOCC.[AlH3].[CH3-].[H-].[I-].[Li+].[Mg+2]. The van der Waals surface area contributed by atoms with Gasteiger partial charge in [0.25, 0.3) is 0 Å². The van der Waals surface area contributed by atoms with Crippen LogP contribution in [0.4, 0.5) is 0 Å². The number of ether oxygens (including phenoxy) is 3. The Labute approximate surface area is 558 Å². The van der Waals surface area contributed by atoms with Crippen LogP contribution in [0.5, 0.6) is 0 Å². The number of halogens is 1. The molecule has 468 valence electrons. The molecule has 8 nitrogen and oxygen atoms in total. The van der Waals surface area contributed by atoms with Crippen LogP contribution in [0.25, 0.3) is 10.4 Å². The summed E-state index contributed by atoms with van der Waals surface area (Å²) in [6, 6.07) is 0. The second-order valence-corrected chi connectivity index (χ2v) is 30.8. The molecule has 12 heteroatoms. The molecule has 4 aliphatic rings. The smallest absolute Gasteiger partial charge is 1.00 e. The molecule has 0 saturated heterocycles. The molecule has 4 saturated carbocycles. The molecule has 0 aromatic heterocycles. The molecule has 0 spiro atoms. The Kier molecular flexibility index (Phi) is 52.3. The van der Waals surface area contributed by atoms with Crippen molar-refractivity contribution in [1.82, 2.24) is 0 Å². The van der Waals surface area contributed by atoms with Crippen molar-refractivity contribution in [3.63, 3.8) is 0 Å². The van der Waals surface area contributed by atoms with E-state index in [-0.39, 0.29) is 113 Å². The summed E-state index contributed by atoms with van der Waals surface area (Å²) < 4.78 is 14.6. The number of hydrogen-bond donors (Lipinski definition) is 1. The third kappa shape index (κ3) is 52.6. The summed E-state index contributed by atoms with van der Waals surface area (Å²) in [6.07, 6.45) is 22.5. The first-order chi connectivity index (χ1) is 32.6. The molecule has 4 rings (SSSR count). The fourth-order valence-electron chi connectivity index (χ4n) is 13.8. The van der Waals surface area contributed by atoms with Gasteiger partial charge in [-0.1, -0.05) is 206 Å². The number of rotatable bonds is 9. The first-order valence-electron chi connectivity index (χ1n) is 28.5. The summed E-state index contributed by atoms with van der Waals surface area (Å²) in [6.45, 7) is 65.5. The van der Waals surface area contributed by atoms with Gasteiger partial charge < -0.3 is 52.1 Å². The zero-order valence-electron chi connectivity index (χ0n) is 57.8. The number of esters is 1. The summed E-state index contributed by atoms with van der Waals surface area (Å²) >= 11 is 0. The molecule has 0 amide bonds. The van der Waals surface area contributed by atoms with Gasteiger partial charge in [0.15, 0.2) is 17.4 Å². The van der Waals surface area contributed by atoms with Gasteiger partial charge >= 0.3 is 47.9 Å². The third-order valence-electron chi connectivity index (χ3n) is 13.0. The standard InChI is InChI=1S/C15H28.C14H25N3.C14H24O2.C14H26O.2C4H10O.2CH4.CH3.Al.HI.Li.Mg.4H/c1-13(2,3)8-12-9-14(4,5)11-15(6,7)10-12;1-12(2)7-11(8-13(3,4)10-12)9-14(5,6)16-17-15;1-6-16-12(15)7-11-8-13(2,3)10-14(4,5)9-11;1-12(2)7-11(9-14(5,6)15)8-13(3,4)10-12;2*1-3-5-4-2;;;;;;;;;;;/h8H,9-11H2,1-7H3;9H,7-8,10H2,1-6H3;7H,6,8-10H2,1-5H3;9,15H,7-8,10H2,1-6H3;2*3-4H2,1-2H3;2*1H4;1H3;;1H;;;;;;/q;;;;;;;;-1;;;+1;+2;;;;-1/p-1. The van der Waals surface area contributed by atoms with Crippen LogP contribution in [0, 0.1) is 56.2 Å². The van der Waals surface area contributed by atoms with Crippen molar-refractivity contribution in [3.8, 4) is 0 Å². The number of carbonyl (C=O) groups is 1. The van der Waals surface area contributed by atoms with Crippen LogP contribution in [0.3, 0.4) is 0 Å². The van der Waals surface area contributed by atoms with Crippen molar-refractivity contribution in [2.75, 3.05) is 33.0 Å². The molecule has 0 radical (unpaired) electrons. The van der Waals surface area contributed by atoms with Crippen LogP contribution in [0.1, 0.15) is 287 Å². The van der Waals surface area contributed by atoms with E-state index < -0.39 is 11.1 Å². The molecule has 4 fully saturated rings. The van der Waals surface area contributed by atoms with Crippen LogP contribution in [-0.2, 0) is 19.0 Å². The van der Waals surface area contributed by atoms with Crippen molar-refractivity contribution in [2.24, 2.45) is 53.8 Å². The summed E-state index contributed by atoms with van der Waals surface area (Å²) in [4.78, 5) is 14.4. The second-order valence-electron chi connectivity index (χ2n) is 30.8. The Balaban J connectivity index is -0.0000000951. The Morgan fingerprint density at radius 2 is 0.762 bits per heavy atom. The molecule has 0 atom stereocenters. The fraction of sp³-hybridized carbons (Fsp3) is 0.853. The van der Waals surface area contributed by atoms with Gasteiger partial charge in [0.2, 0.25) is 0 Å².